The summed E-state index contributed by atoms with van der Waals surface area (Å²) in [5, 5.41) is 12.0. The van der Waals surface area contributed by atoms with Gasteiger partial charge in [-0.1, -0.05) is 23.4 Å². The summed E-state index contributed by atoms with van der Waals surface area (Å²) in [6.45, 7) is 4.66. The SMILES string of the molecule is COc1ccccc1[C@@H]1CCCN1C(=O)c1nnn(C2CCNCC2)c1C. The predicted octanol–water partition coefficient (Wildman–Crippen LogP) is 2.50. The van der Waals surface area contributed by atoms with E-state index in [0.717, 1.165) is 62.3 Å². The Bertz CT molecular complexity index is 812. The number of ether oxygens (including phenoxy) is 1. The number of benzene rings is 1. The van der Waals surface area contributed by atoms with Crippen molar-refractivity contribution in [2.75, 3.05) is 26.7 Å². The third-order valence-electron chi connectivity index (χ3n) is 5.80. The van der Waals surface area contributed by atoms with Gasteiger partial charge in [0.05, 0.1) is 24.9 Å². The fraction of sp³-hybridized carbons (Fsp3) is 0.550. The molecule has 1 aromatic carbocycles. The van der Waals surface area contributed by atoms with Gasteiger partial charge in [-0.2, -0.15) is 0 Å². The number of nitrogens with zero attached hydrogens (tertiary/aromatic N) is 4. The van der Waals surface area contributed by atoms with E-state index < -0.39 is 0 Å². The summed E-state index contributed by atoms with van der Waals surface area (Å²) in [6.07, 6.45) is 3.96. The Morgan fingerprint density at radius 3 is 2.78 bits per heavy atom. The summed E-state index contributed by atoms with van der Waals surface area (Å²) in [4.78, 5) is 15.2. The highest BCUT2D eigenvalue weighted by Crippen LogP contribution is 2.37. The van der Waals surface area contributed by atoms with Gasteiger partial charge in [-0.25, -0.2) is 4.68 Å². The Morgan fingerprint density at radius 2 is 2.00 bits per heavy atom. The highest BCUT2D eigenvalue weighted by Gasteiger charge is 2.35. The molecule has 2 aliphatic heterocycles. The van der Waals surface area contributed by atoms with Crippen LogP contribution in [-0.4, -0.2) is 52.5 Å². The number of carbonyl (C=O) groups excluding carboxylic acids is 1. The molecule has 0 unspecified atom stereocenters. The molecule has 2 aromatic rings. The number of methoxy groups -OCH3 is 1. The van der Waals surface area contributed by atoms with Crippen LogP contribution in [0.3, 0.4) is 0 Å². The van der Waals surface area contributed by atoms with Crippen molar-refractivity contribution in [3.63, 3.8) is 0 Å². The Kier molecular flexibility index (Phi) is 5.11. The standard InChI is InChI=1S/C20H27N5O2/c1-14-19(22-23-25(14)15-9-11-21-12-10-15)20(26)24-13-5-7-17(24)16-6-3-4-8-18(16)27-2/h3-4,6,8,15,17,21H,5,7,9-13H2,1-2H3/t17-/m0/s1. The van der Waals surface area contributed by atoms with Crippen molar-refractivity contribution >= 4 is 5.91 Å². The number of amides is 1. The third kappa shape index (κ3) is 3.32. The van der Waals surface area contributed by atoms with Crippen molar-refractivity contribution in [3.8, 4) is 5.75 Å². The maximum atomic E-state index is 13.3. The number of hydrogen-bond donors (Lipinski definition) is 1. The average molecular weight is 369 g/mol. The lowest BCUT2D eigenvalue weighted by molar-refractivity contribution is 0.0727. The van der Waals surface area contributed by atoms with Gasteiger partial charge in [0.1, 0.15) is 5.75 Å². The van der Waals surface area contributed by atoms with Gasteiger partial charge >= 0.3 is 0 Å². The average Bonchev–Trinajstić information content (AvgIpc) is 3.35. The summed E-state index contributed by atoms with van der Waals surface area (Å²) >= 11 is 0. The van der Waals surface area contributed by atoms with Gasteiger partial charge in [-0.15, -0.1) is 5.10 Å². The molecule has 2 fully saturated rings. The van der Waals surface area contributed by atoms with Gasteiger partial charge in [-0.3, -0.25) is 4.79 Å². The Labute approximate surface area is 159 Å². The Hall–Kier alpha value is -2.41. The molecule has 0 saturated carbocycles. The van der Waals surface area contributed by atoms with Crippen LogP contribution in [0.4, 0.5) is 0 Å². The van der Waals surface area contributed by atoms with Crippen molar-refractivity contribution in [2.24, 2.45) is 0 Å². The number of piperidine rings is 1. The van der Waals surface area contributed by atoms with Gasteiger partial charge in [0.25, 0.3) is 5.91 Å². The first-order valence-electron chi connectivity index (χ1n) is 9.77. The van der Waals surface area contributed by atoms with Gasteiger partial charge in [-0.05, 0) is 51.8 Å². The molecule has 2 saturated heterocycles. The van der Waals surface area contributed by atoms with Crippen molar-refractivity contribution < 1.29 is 9.53 Å². The smallest absolute Gasteiger partial charge is 0.276 e. The van der Waals surface area contributed by atoms with Gasteiger partial charge < -0.3 is 15.0 Å². The summed E-state index contributed by atoms with van der Waals surface area (Å²) in [5.41, 5.74) is 2.42. The van der Waals surface area contributed by atoms with Crippen LogP contribution in [0.1, 0.15) is 59.5 Å². The molecule has 27 heavy (non-hydrogen) atoms. The van der Waals surface area contributed by atoms with Crippen LogP contribution >= 0.6 is 0 Å². The summed E-state index contributed by atoms with van der Waals surface area (Å²) in [5.74, 6) is 0.804. The molecule has 0 radical (unpaired) electrons. The maximum Gasteiger partial charge on any atom is 0.276 e. The first-order chi connectivity index (χ1) is 13.2. The molecule has 0 aliphatic carbocycles. The van der Waals surface area contributed by atoms with Crippen molar-refractivity contribution in [1.29, 1.82) is 0 Å². The monoisotopic (exact) mass is 369 g/mol. The normalized spacial score (nSPS) is 20.8. The van der Waals surface area contributed by atoms with Crippen LogP contribution in [-0.2, 0) is 0 Å². The number of nitrogens with one attached hydrogen (secondary N) is 1. The number of para-hydroxylation sites is 1. The second-order valence-electron chi connectivity index (χ2n) is 7.35. The van der Waals surface area contributed by atoms with E-state index in [1.807, 2.05) is 40.8 Å². The number of hydrogen-bond acceptors (Lipinski definition) is 5. The molecule has 1 amide bonds. The topological polar surface area (TPSA) is 72.3 Å². The van der Waals surface area contributed by atoms with E-state index in [2.05, 4.69) is 15.6 Å². The minimum absolute atomic E-state index is 0.0251. The van der Waals surface area contributed by atoms with E-state index in [4.69, 9.17) is 4.74 Å². The quantitative estimate of drug-likeness (QED) is 0.896. The number of carbonyl (C=O) groups is 1. The Balaban J connectivity index is 1.59. The second-order valence-corrected chi connectivity index (χ2v) is 7.35. The third-order valence-corrected chi connectivity index (χ3v) is 5.80. The molecule has 7 nitrogen and oxygen atoms in total. The van der Waals surface area contributed by atoms with E-state index in [1.165, 1.54) is 0 Å². The molecule has 144 valence electrons. The Morgan fingerprint density at radius 1 is 1.22 bits per heavy atom. The lowest BCUT2D eigenvalue weighted by Gasteiger charge is -2.26. The zero-order valence-corrected chi connectivity index (χ0v) is 16.0. The van der Waals surface area contributed by atoms with E-state index in [1.54, 1.807) is 7.11 Å². The summed E-state index contributed by atoms with van der Waals surface area (Å²) in [6, 6.07) is 8.30. The summed E-state index contributed by atoms with van der Waals surface area (Å²) in [7, 11) is 1.68. The molecule has 0 bridgehead atoms. The highest BCUT2D eigenvalue weighted by atomic mass is 16.5. The fourth-order valence-corrected chi connectivity index (χ4v) is 4.35. The second kappa shape index (κ2) is 7.68. The van der Waals surface area contributed by atoms with Crippen LogP contribution in [0, 0.1) is 6.92 Å². The first kappa shape index (κ1) is 18.0. The molecule has 4 rings (SSSR count). The molecular weight excluding hydrogens is 342 g/mol. The maximum absolute atomic E-state index is 13.3. The lowest BCUT2D eigenvalue weighted by atomic mass is 10.0. The molecule has 1 aromatic heterocycles. The number of likely N-dealkylation sites (tertiary alicyclic amines) is 1. The van der Waals surface area contributed by atoms with Crippen LogP contribution in [0.5, 0.6) is 5.75 Å². The van der Waals surface area contributed by atoms with Gasteiger partial charge in [0, 0.05) is 12.1 Å². The molecule has 1 atom stereocenters. The first-order valence-corrected chi connectivity index (χ1v) is 9.77. The van der Waals surface area contributed by atoms with Gasteiger partial charge in [0.2, 0.25) is 0 Å². The van der Waals surface area contributed by atoms with Gasteiger partial charge in [0.15, 0.2) is 5.69 Å². The van der Waals surface area contributed by atoms with Crippen molar-refractivity contribution in [1.82, 2.24) is 25.2 Å². The van der Waals surface area contributed by atoms with E-state index in [0.29, 0.717) is 11.7 Å². The minimum atomic E-state index is -0.0268. The summed E-state index contributed by atoms with van der Waals surface area (Å²) < 4.78 is 7.47. The van der Waals surface area contributed by atoms with Crippen LogP contribution < -0.4 is 10.1 Å². The van der Waals surface area contributed by atoms with E-state index in [-0.39, 0.29) is 11.9 Å². The molecular formula is C20H27N5O2. The molecule has 2 aliphatic rings. The number of rotatable bonds is 4. The fourth-order valence-electron chi connectivity index (χ4n) is 4.35. The molecule has 0 spiro atoms. The van der Waals surface area contributed by atoms with E-state index in [9.17, 15) is 4.79 Å². The van der Waals surface area contributed by atoms with Crippen molar-refractivity contribution in [2.45, 2.75) is 44.7 Å². The highest BCUT2D eigenvalue weighted by molar-refractivity contribution is 5.93. The number of aromatic nitrogens is 3. The zero-order valence-electron chi connectivity index (χ0n) is 16.0. The largest absolute Gasteiger partial charge is 0.496 e. The van der Waals surface area contributed by atoms with Crippen LogP contribution in [0.15, 0.2) is 24.3 Å². The molecule has 7 heteroatoms. The van der Waals surface area contributed by atoms with Crippen molar-refractivity contribution in [3.05, 3.63) is 41.2 Å². The molecule has 1 N–H and O–H groups in total. The minimum Gasteiger partial charge on any atom is -0.496 e. The predicted molar refractivity (Wildman–Crippen MR) is 102 cm³/mol. The van der Waals surface area contributed by atoms with Crippen LogP contribution in [0.25, 0.3) is 0 Å². The lowest BCUT2D eigenvalue weighted by Crippen LogP contribution is -2.32. The zero-order chi connectivity index (χ0) is 18.8. The van der Waals surface area contributed by atoms with Crippen LogP contribution in [0.2, 0.25) is 0 Å². The van der Waals surface area contributed by atoms with E-state index >= 15 is 0 Å². The molecule has 3 heterocycles.